The molecule has 0 aliphatic carbocycles. The van der Waals surface area contributed by atoms with Crippen molar-refractivity contribution in [1.29, 1.82) is 0 Å². The van der Waals surface area contributed by atoms with Gasteiger partial charge in [0.25, 0.3) is 0 Å². The maximum Gasteiger partial charge on any atom is 0.331 e. The first-order valence-electron chi connectivity index (χ1n) is 9.07. The monoisotopic (exact) mass is 385 g/mol. The molecule has 0 fully saturated rings. The van der Waals surface area contributed by atoms with Crippen molar-refractivity contribution in [1.82, 2.24) is 4.57 Å². The number of hydrogen-bond donors (Lipinski definition) is 0. The fourth-order valence-corrected chi connectivity index (χ4v) is 3.28. The number of rotatable bonds is 9. The zero-order valence-electron chi connectivity index (χ0n) is 17.0. The van der Waals surface area contributed by atoms with Crippen LogP contribution in [0.4, 0.5) is 0 Å². The molecule has 0 saturated carbocycles. The van der Waals surface area contributed by atoms with Crippen LogP contribution < -0.4 is 4.74 Å². The summed E-state index contributed by atoms with van der Waals surface area (Å²) in [5.41, 5.74) is 3.12. The van der Waals surface area contributed by atoms with Gasteiger partial charge in [0.05, 0.1) is 19.8 Å². The number of ether oxygens (including phenoxy) is 3. The predicted octanol–water partition coefficient (Wildman–Crippen LogP) is 3.76. The van der Waals surface area contributed by atoms with Crippen LogP contribution in [0.3, 0.4) is 0 Å². The molecule has 0 aliphatic rings. The van der Waals surface area contributed by atoms with Gasteiger partial charge in [0, 0.05) is 35.7 Å². The first-order valence-corrected chi connectivity index (χ1v) is 9.07. The third kappa shape index (κ3) is 5.10. The summed E-state index contributed by atoms with van der Waals surface area (Å²) in [7, 11) is 3.21. The van der Waals surface area contributed by atoms with Gasteiger partial charge in [-0.3, -0.25) is 4.79 Å². The molecule has 0 amide bonds. The number of nitrogens with zero attached hydrogens (tertiary/aromatic N) is 1. The molecule has 0 N–H and O–H groups in total. The number of carbonyl (C=O) groups excluding carboxylic acids is 2. The standard InChI is InChI=1S/C22H27NO5/c1-15-12-19(17(3)23(15)16(2)13-26-4)20(24)14-28-22(25)11-10-18-8-6-7-9-21(18)27-5/h6-12,16H,13-14H2,1-5H3/b11-10+/t16-/m1/s1. The number of aryl methyl sites for hydroxylation is 1. The number of Topliss-reactive ketones (excluding diaryl/α,β-unsaturated/α-hetero) is 1. The molecule has 2 aromatic rings. The third-order valence-electron chi connectivity index (χ3n) is 4.52. The van der Waals surface area contributed by atoms with Crippen molar-refractivity contribution in [3.05, 3.63) is 58.9 Å². The smallest absolute Gasteiger partial charge is 0.331 e. The van der Waals surface area contributed by atoms with Gasteiger partial charge in [0.2, 0.25) is 5.78 Å². The lowest BCUT2D eigenvalue weighted by Crippen LogP contribution is -2.16. The van der Waals surface area contributed by atoms with Crippen LogP contribution >= 0.6 is 0 Å². The van der Waals surface area contributed by atoms with Gasteiger partial charge in [-0.05, 0) is 39.0 Å². The van der Waals surface area contributed by atoms with Gasteiger partial charge in [-0.1, -0.05) is 18.2 Å². The van der Waals surface area contributed by atoms with E-state index in [1.165, 1.54) is 6.08 Å². The van der Waals surface area contributed by atoms with Crippen molar-refractivity contribution in [2.45, 2.75) is 26.8 Å². The molecule has 6 heteroatoms. The molecule has 1 heterocycles. The Labute approximate surface area is 165 Å². The van der Waals surface area contributed by atoms with Crippen LogP contribution in [0, 0.1) is 13.8 Å². The highest BCUT2D eigenvalue weighted by atomic mass is 16.5. The maximum atomic E-state index is 12.5. The molecule has 2 rings (SSSR count). The maximum absolute atomic E-state index is 12.5. The molecular weight excluding hydrogens is 358 g/mol. The molecule has 1 atom stereocenters. The van der Waals surface area contributed by atoms with E-state index in [-0.39, 0.29) is 18.4 Å². The highest BCUT2D eigenvalue weighted by Crippen LogP contribution is 2.21. The Bertz CT molecular complexity index is 866. The van der Waals surface area contributed by atoms with Gasteiger partial charge >= 0.3 is 5.97 Å². The second-order valence-corrected chi connectivity index (χ2v) is 6.57. The lowest BCUT2D eigenvalue weighted by atomic mass is 10.1. The summed E-state index contributed by atoms with van der Waals surface area (Å²) in [6, 6.07) is 9.24. The second kappa shape index (κ2) is 9.90. The van der Waals surface area contributed by atoms with Crippen LogP contribution in [0.1, 0.15) is 40.3 Å². The van der Waals surface area contributed by atoms with Crippen LogP contribution in [0.5, 0.6) is 5.75 Å². The molecule has 0 spiro atoms. The van der Waals surface area contributed by atoms with E-state index in [1.807, 2.05) is 45.0 Å². The number of para-hydroxylation sites is 1. The Kier molecular flexibility index (Phi) is 7.58. The lowest BCUT2D eigenvalue weighted by molar-refractivity contribution is -0.136. The van der Waals surface area contributed by atoms with Gasteiger partial charge in [-0.25, -0.2) is 4.79 Å². The minimum atomic E-state index is -0.583. The van der Waals surface area contributed by atoms with Crippen molar-refractivity contribution < 1.29 is 23.8 Å². The summed E-state index contributed by atoms with van der Waals surface area (Å²) in [5, 5.41) is 0. The summed E-state index contributed by atoms with van der Waals surface area (Å²) in [4.78, 5) is 24.5. The van der Waals surface area contributed by atoms with Crippen molar-refractivity contribution in [2.75, 3.05) is 27.4 Å². The summed E-state index contributed by atoms with van der Waals surface area (Å²) in [6.07, 6.45) is 2.89. The molecule has 0 saturated heterocycles. The minimum Gasteiger partial charge on any atom is -0.496 e. The topological polar surface area (TPSA) is 66.8 Å². The zero-order chi connectivity index (χ0) is 20.7. The summed E-state index contributed by atoms with van der Waals surface area (Å²) < 4.78 is 17.6. The quantitative estimate of drug-likeness (QED) is 0.374. The number of methoxy groups -OCH3 is 2. The van der Waals surface area contributed by atoms with Crippen molar-refractivity contribution in [3.63, 3.8) is 0 Å². The predicted molar refractivity (Wildman–Crippen MR) is 108 cm³/mol. The van der Waals surface area contributed by atoms with E-state index in [1.54, 1.807) is 26.4 Å². The number of carbonyl (C=O) groups is 2. The molecule has 1 aromatic carbocycles. The summed E-state index contributed by atoms with van der Waals surface area (Å²) >= 11 is 0. The number of aromatic nitrogens is 1. The highest BCUT2D eigenvalue weighted by Gasteiger charge is 2.19. The van der Waals surface area contributed by atoms with E-state index in [2.05, 4.69) is 4.57 Å². The molecule has 150 valence electrons. The van der Waals surface area contributed by atoms with Gasteiger partial charge in [-0.2, -0.15) is 0 Å². The first kappa shape index (κ1) is 21.4. The number of hydrogen-bond acceptors (Lipinski definition) is 5. The molecule has 6 nitrogen and oxygen atoms in total. The molecule has 0 unspecified atom stereocenters. The molecule has 0 bridgehead atoms. The third-order valence-corrected chi connectivity index (χ3v) is 4.52. The summed E-state index contributed by atoms with van der Waals surface area (Å²) in [6.45, 7) is 6.10. The Morgan fingerprint density at radius 2 is 1.89 bits per heavy atom. The van der Waals surface area contributed by atoms with Crippen LogP contribution in [0.2, 0.25) is 0 Å². The summed E-state index contributed by atoms with van der Waals surface area (Å²) in [5.74, 6) is -0.163. The van der Waals surface area contributed by atoms with E-state index in [0.29, 0.717) is 17.9 Å². The fraction of sp³-hybridized carbons (Fsp3) is 0.364. The lowest BCUT2D eigenvalue weighted by Gasteiger charge is -2.17. The zero-order valence-corrected chi connectivity index (χ0v) is 17.0. The van der Waals surface area contributed by atoms with Crippen LogP contribution in [0.15, 0.2) is 36.4 Å². The van der Waals surface area contributed by atoms with Gasteiger partial charge in [-0.15, -0.1) is 0 Å². The Balaban J connectivity index is 2.01. The number of esters is 1. The molecule has 1 aromatic heterocycles. The largest absolute Gasteiger partial charge is 0.496 e. The van der Waals surface area contributed by atoms with Gasteiger partial charge < -0.3 is 18.8 Å². The van der Waals surface area contributed by atoms with Crippen molar-refractivity contribution >= 4 is 17.8 Å². The van der Waals surface area contributed by atoms with E-state index < -0.39 is 5.97 Å². The molecule has 28 heavy (non-hydrogen) atoms. The van der Waals surface area contributed by atoms with E-state index in [0.717, 1.165) is 17.0 Å². The van der Waals surface area contributed by atoms with Gasteiger partial charge in [0.15, 0.2) is 6.61 Å². The Hall–Kier alpha value is -2.86. The second-order valence-electron chi connectivity index (χ2n) is 6.57. The molecule has 0 radical (unpaired) electrons. The Morgan fingerprint density at radius 1 is 1.18 bits per heavy atom. The van der Waals surface area contributed by atoms with E-state index in [9.17, 15) is 9.59 Å². The minimum absolute atomic E-state index is 0.109. The molecular formula is C22H27NO5. The van der Waals surface area contributed by atoms with Crippen molar-refractivity contribution in [3.8, 4) is 5.75 Å². The highest BCUT2D eigenvalue weighted by molar-refractivity contribution is 6.00. The average molecular weight is 385 g/mol. The number of benzene rings is 1. The SMILES string of the molecule is COC[C@@H](C)n1c(C)cc(C(=O)COC(=O)/C=C/c2ccccc2OC)c1C. The fourth-order valence-electron chi connectivity index (χ4n) is 3.28. The molecule has 0 aliphatic heterocycles. The van der Waals surface area contributed by atoms with Crippen LogP contribution in [-0.2, 0) is 14.3 Å². The van der Waals surface area contributed by atoms with Crippen LogP contribution in [0.25, 0.3) is 6.08 Å². The number of ketones is 1. The average Bonchev–Trinajstić information content (AvgIpc) is 2.99. The van der Waals surface area contributed by atoms with E-state index in [4.69, 9.17) is 14.2 Å². The van der Waals surface area contributed by atoms with E-state index >= 15 is 0 Å². The Morgan fingerprint density at radius 3 is 2.57 bits per heavy atom. The normalized spacial score (nSPS) is 12.2. The van der Waals surface area contributed by atoms with Crippen LogP contribution in [-0.4, -0.2) is 43.8 Å². The van der Waals surface area contributed by atoms with Crippen molar-refractivity contribution in [2.24, 2.45) is 0 Å². The first-order chi connectivity index (χ1) is 13.4. The van der Waals surface area contributed by atoms with Gasteiger partial charge in [0.1, 0.15) is 5.75 Å².